The number of carbonyl (C=O) groups excluding carboxylic acids is 1. The molecule has 0 fully saturated rings. The lowest BCUT2D eigenvalue weighted by Crippen LogP contribution is -2.05. The van der Waals surface area contributed by atoms with Crippen LogP contribution in [0, 0.1) is 6.92 Å². The molecular formula is C27H27N3O2. The van der Waals surface area contributed by atoms with Gasteiger partial charge in [0.2, 0.25) is 0 Å². The predicted octanol–water partition coefficient (Wildman–Crippen LogP) is 5.32. The van der Waals surface area contributed by atoms with Gasteiger partial charge in [-0.15, -0.1) is 0 Å². The SMILES string of the molecule is CC(=O)Oc1cccc(CCCn2cc(C(c3ccccc3)c3cccnc3)cn2)c1C. The number of nitrogens with zero attached hydrogens (tertiary/aromatic N) is 3. The number of aromatic nitrogens is 3. The molecule has 0 aliphatic carbocycles. The number of pyridine rings is 1. The Morgan fingerprint density at radius 3 is 2.53 bits per heavy atom. The second-order valence-electron chi connectivity index (χ2n) is 7.90. The van der Waals surface area contributed by atoms with E-state index in [4.69, 9.17) is 4.74 Å². The summed E-state index contributed by atoms with van der Waals surface area (Å²) in [5, 5.41) is 4.63. The third-order valence-corrected chi connectivity index (χ3v) is 5.62. The number of esters is 1. The molecule has 0 aliphatic rings. The van der Waals surface area contributed by atoms with Gasteiger partial charge in [0, 0.05) is 43.5 Å². The topological polar surface area (TPSA) is 57.0 Å². The van der Waals surface area contributed by atoms with Crippen LogP contribution in [0.2, 0.25) is 0 Å². The molecule has 32 heavy (non-hydrogen) atoms. The van der Waals surface area contributed by atoms with Gasteiger partial charge in [-0.1, -0.05) is 48.5 Å². The van der Waals surface area contributed by atoms with Crippen LogP contribution < -0.4 is 4.74 Å². The van der Waals surface area contributed by atoms with Crippen LogP contribution in [0.4, 0.5) is 0 Å². The molecule has 0 aliphatic heterocycles. The maximum absolute atomic E-state index is 11.3. The van der Waals surface area contributed by atoms with Crippen LogP contribution in [0.1, 0.15) is 47.1 Å². The van der Waals surface area contributed by atoms with E-state index < -0.39 is 0 Å². The van der Waals surface area contributed by atoms with Crippen LogP contribution in [-0.4, -0.2) is 20.7 Å². The Morgan fingerprint density at radius 1 is 0.969 bits per heavy atom. The molecule has 0 spiro atoms. The van der Waals surface area contributed by atoms with Gasteiger partial charge in [-0.05, 0) is 54.2 Å². The van der Waals surface area contributed by atoms with E-state index in [9.17, 15) is 4.79 Å². The number of hydrogen-bond acceptors (Lipinski definition) is 4. The zero-order valence-corrected chi connectivity index (χ0v) is 18.4. The largest absolute Gasteiger partial charge is 0.426 e. The van der Waals surface area contributed by atoms with E-state index in [2.05, 4.69) is 52.7 Å². The van der Waals surface area contributed by atoms with Gasteiger partial charge in [0.25, 0.3) is 0 Å². The zero-order chi connectivity index (χ0) is 22.3. The van der Waals surface area contributed by atoms with Crippen LogP contribution in [0.15, 0.2) is 85.5 Å². The van der Waals surface area contributed by atoms with E-state index >= 15 is 0 Å². The summed E-state index contributed by atoms with van der Waals surface area (Å²) in [6.45, 7) is 4.24. The highest BCUT2D eigenvalue weighted by Crippen LogP contribution is 2.31. The lowest BCUT2D eigenvalue weighted by atomic mass is 9.88. The van der Waals surface area contributed by atoms with Gasteiger partial charge >= 0.3 is 5.97 Å². The Hall–Kier alpha value is -3.73. The van der Waals surface area contributed by atoms with Crippen LogP contribution in [0.3, 0.4) is 0 Å². The van der Waals surface area contributed by atoms with Crippen LogP contribution in [0.5, 0.6) is 5.75 Å². The van der Waals surface area contributed by atoms with E-state index in [1.54, 1.807) is 6.20 Å². The first-order chi connectivity index (χ1) is 15.6. The number of hydrogen-bond donors (Lipinski definition) is 0. The van der Waals surface area contributed by atoms with Gasteiger partial charge in [0.15, 0.2) is 0 Å². The second-order valence-corrected chi connectivity index (χ2v) is 7.90. The third kappa shape index (κ3) is 5.11. The molecule has 4 aromatic rings. The van der Waals surface area contributed by atoms with Crippen molar-refractivity contribution in [3.63, 3.8) is 0 Å². The predicted molar refractivity (Wildman–Crippen MR) is 125 cm³/mol. The maximum Gasteiger partial charge on any atom is 0.308 e. The average Bonchev–Trinajstić information content (AvgIpc) is 3.26. The third-order valence-electron chi connectivity index (χ3n) is 5.62. The molecular weight excluding hydrogens is 398 g/mol. The second kappa shape index (κ2) is 10.1. The fourth-order valence-electron chi connectivity index (χ4n) is 4.05. The summed E-state index contributed by atoms with van der Waals surface area (Å²) in [7, 11) is 0. The first-order valence-corrected chi connectivity index (χ1v) is 10.9. The van der Waals surface area contributed by atoms with Gasteiger partial charge in [-0.25, -0.2) is 0 Å². The van der Waals surface area contributed by atoms with Crippen molar-refractivity contribution >= 4 is 5.97 Å². The lowest BCUT2D eigenvalue weighted by molar-refractivity contribution is -0.131. The maximum atomic E-state index is 11.3. The quantitative estimate of drug-likeness (QED) is 0.283. The average molecular weight is 426 g/mol. The summed E-state index contributed by atoms with van der Waals surface area (Å²) in [4.78, 5) is 15.6. The van der Waals surface area contributed by atoms with E-state index in [1.165, 1.54) is 18.1 Å². The van der Waals surface area contributed by atoms with Crippen LogP contribution in [-0.2, 0) is 17.8 Å². The molecule has 0 bridgehead atoms. The Labute approximate surface area is 188 Å². The first-order valence-electron chi connectivity index (χ1n) is 10.9. The van der Waals surface area contributed by atoms with Crippen molar-refractivity contribution < 1.29 is 9.53 Å². The van der Waals surface area contributed by atoms with Crippen molar-refractivity contribution in [1.29, 1.82) is 0 Å². The smallest absolute Gasteiger partial charge is 0.308 e. The normalized spacial score (nSPS) is 11.8. The van der Waals surface area contributed by atoms with Crippen molar-refractivity contribution in [3.05, 3.63) is 113 Å². The highest BCUT2D eigenvalue weighted by molar-refractivity contribution is 5.70. The molecule has 2 aromatic carbocycles. The molecule has 0 saturated heterocycles. The van der Waals surface area contributed by atoms with Crippen molar-refractivity contribution in [2.75, 3.05) is 0 Å². The molecule has 5 nitrogen and oxygen atoms in total. The van der Waals surface area contributed by atoms with Crippen molar-refractivity contribution in [1.82, 2.24) is 14.8 Å². The standard InChI is InChI=1S/C27H27N3O2/c1-20-22(11-6-14-26(20)32-21(2)31)13-8-16-30-19-25(18-29-30)27(23-9-4-3-5-10-23)24-12-7-15-28-17-24/h3-7,9-12,14-15,17-19,27H,8,13,16H2,1-2H3. The molecule has 1 unspecified atom stereocenters. The number of benzene rings is 2. The number of rotatable bonds is 8. The summed E-state index contributed by atoms with van der Waals surface area (Å²) in [5.74, 6) is 0.441. The lowest BCUT2D eigenvalue weighted by Gasteiger charge is -2.16. The van der Waals surface area contributed by atoms with Crippen LogP contribution >= 0.6 is 0 Å². The highest BCUT2D eigenvalue weighted by atomic mass is 16.5. The Kier molecular flexibility index (Phi) is 6.75. The fraction of sp³-hybridized carbons (Fsp3) is 0.222. The summed E-state index contributed by atoms with van der Waals surface area (Å²) < 4.78 is 7.31. The molecule has 0 radical (unpaired) electrons. The highest BCUT2D eigenvalue weighted by Gasteiger charge is 2.18. The number of carbonyl (C=O) groups is 1. The number of ether oxygens (including phenoxy) is 1. The molecule has 0 saturated carbocycles. The van der Waals surface area contributed by atoms with Crippen LogP contribution in [0.25, 0.3) is 0 Å². The Morgan fingerprint density at radius 2 is 1.78 bits per heavy atom. The molecule has 4 rings (SSSR count). The van der Waals surface area contributed by atoms with E-state index in [1.807, 2.05) is 48.3 Å². The fourth-order valence-corrected chi connectivity index (χ4v) is 4.05. The van der Waals surface area contributed by atoms with E-state index in [0.717, 1.165) is 36.1 Å². The molecule has 0 N–H and O–H groups in total. The molecule has 2 aromatic heterocycles. The molecule has 162 valence electrons. The molecule has 1 atom stereocenters. The first kappa shape index (κ1) is 21.5. The molecule has 2 heterocycles. The Bertz CT molecular complexity index is 1130. The summed E-state index contributed by atoms with van der Waals surface area (Å²) in [6, 6.07) is 20.4. The van der Waals surface area contributed by atoms with E-state index in [-0.39, 0.29) is 11.9 Å². The van der Waals surface area contributed by atoms with Crippen molar-refractivity contribution in [3.8, 4) is 5.75 Å². The molecule has 5 heteroatoms. The van der Waals surface area contributed by atoms with E-state index in [0.29, 0.717) is 5.75 Å². The van der Waals surface area contributed by atoms with Crippen molar-refractivity contribution in [2.45, 2.75) is 39.2 Å². The monoisotopic (exact) mass is 425 g/mol. The minimum atomic E-state index is -0.295. The van der Waals surface area contributed by atoms with Gasteiger partial charge in [-0.2, -0.15) is 5.10 Å². The van der Waals surface area contributed by atoms with Gasteiger partial charge < -0.3 is 4.74 Å². The van der Waals surface area contributed by atoms with Crippen molar-refractivity contribution in [2.24, 2.45) is 0 Å². The minimum absolute atomic E-state index is 0.0984. The summed E-state index contributed by atoms with van der Waals surface area (Å²) in [6.07, 6.45) is 9.64. The number of aryl methyl sites for hydroxylation is 2. The Balaban J connectivity index is 1.47. The molecule has 0 amide bonds. The summed E-state index contributed by atoms with van der Waals surface area (Å²) in [5.41, 5.74) is 5.73. The summed E-state index contributed by atoms with van der Waals surface area (Å²) >= 11 is 0. The zero-order valence-electron chi connectivity index (χ0n) is 18.4. The minimum Gasteiger partial charge on any atom is -0.426 e. The van der Waals surface area contributed by atoms with Gasteiger partial charge in [0.1, 0.15) is 5.75 Å². The van der Waals surface area contributed by atoms with Gasteiger partial charge in [-0.3, -0.25) is 14.5 Å². The van der Waals surface area contributed by atoms with Gasteiger partial charge in [0.05, 0.1) is 6.20 Å².